The van der Waals surface area contributed by atoms with Gasteiger partial charge in [0.05, 0.1) is 5.92 Å². The molecule has 1 aliphatic rings. The Morgan fingerprint density at radius 3 is 2.77 bits per heavy atom. The van der Waals surface area contributed by atoms with Gasteiger partial charge in [0.15, 0.2) is 5.82 Å². The van der Waals surface area contributed by atoms with Crippen LogP contribution < -0.4 is 0 Å². The number of likely N-dealkylation sites (tertiary alicyclic amines) is 1. The van der Waals surface area contributed by atoms with Gasteiger partial charge in [0.1, 0.15) is 0 Å². The van der Waals surface area contributed by atoms with Crippen molar-refractivity contribution in [1.29, 1.82) is 0 Å². The maximum Gasteiger partial charge on any atom is 0.254 e. The third-order valence-corrected chi connectivity index (χ3v) is 4.51. The fourth-order valence-corrected chi connectivity index (χ4v) is 3.03. The van der Waals surface area contributed by atoms with E-state index in [1.165, 1.54) is 0 Å². The zero-order valence-electron chi connectivity index (χ0n) is 12.9. The molecule has 116 valence electrons. The number of aromatic nitrogens is 2. The first kappa shape index (κ1) is 15.0. The van der Waals surface area contributed by atoms with E-state index in [0.717, 1.165) is 17.5 Å². The molecule has 1 aromatic heterocycles. The first-order chi connectivity index (χ1) is 10.5. The normalized spacial score (nSPS) is 18.0. The van der Waals surface area contributed by atoms with Crippen LogP contribution in [0.2, 0.25) is 5.02 Å². The summed E-state index contributed by atoms with van der Waals surface area (Å²) in [6, 6.07) is 3.71. The van der Waals surface area contributed by atoms with E-state index in [-0.39, 0.29) is 11.8 Å². The van der Waals surface area contributed by atoms with Gasteiger partial charge in [0.25, 0.3) is 5.91 Å². The Hall–Kier alpha value is -1.88. The Balaban J connectivity index is 1.78. The standard InChI is InChI=1S/C16H18ClN3O2/c1-9-7-14(17)10(2)6-13(9)16(21)20-5-4-12(8-20)15-18-11(3)19-22-15/h6-7,12H,4-5,8H2,1-3H3/t12-/m0/s1. The van der Waals surface area contributed by atoms with Crippen LogP contribution in [0, 0.1) is 20.8 Å². The molecular weight excluding hydrogens is 302 g/mol. The number of carbonyl (C=O) groups excluding carboxylic acids is 1. The van der Waals surface area contributed by atoms with E-state index in [9.17, 15) is 4.79 Å². The summed E-state index contributed by atoms with van der Waals surface area (Å²) < 4.78 is 5.22. The molecule has 2 heterocycles. The first-order valence-corrected chi connectivity index (χ1v) is 7.69. The molecule has 1 aromatic carbocycles. The second-order valence-electron chi connectivity index (χ2n) is 5.83. The van der Waals surface area contributed by atoms with E-state index < -0.39 is 0 Å². The van der Waals surface area contributed by atoms with E-state index in [1.54, 1.807) is 6.92 Å². The van der Waals surface area contributed by atoms with Crippen molar-refractivity contribution in [3.8, 4) is 0 Å². The number of hydrogen-bond donors (Lipinski definition) is 0. The van der Waals surface area contributed by atoms with Crippen LogP contribution in [0.1, 0.15) is 45.5 Å². The number of aryl methyl sites for hydroxylation is 3. The number of amides is 1. The lowest BCUT2D eigenvalue weighted by atomic mass is 10.0. The molecule has 0 unspecified atom stereocenters. The average molecular weight is 320 g/mol. The molecule has 1 amide bonds. The van der Waals surface area contributed by atoms with Crippen molar-refractivity contribution < 1.29 is 9.32 Å². The number of rotatable bonds is 2. The number of halogens is 1. The largest absolute Gasteiger partial charge is 0.339 e. The highest BCUT2D eigenvalue weighted by Crippen LogP contribution is 2.28. The number of benzene rings is 1. The summed E-state index contributed by atoms with van der Waals surface area (Å²) in [5.74, 6) is 1.41. The minimum Gasteiger partial charge on any atom is -0.339 e. The molecule has 6 heteroatoms. The highest BCUT2D eigenvalue weighted by atomic mass is 35.5. The monoisotopic (exact) mass is 319 g/mol. The zero-order valence-corrected chi connectivity index (χ0v) is 13.6. The Kier molecular flexibility index (Phi) is 3.91. The summed E-state index contributed by atoms with van der Waals surface area (Å²) in [4.78, 5) is 18.8. The number of carbonyl (C=O) groups is 1. The first-order valence-electron chi connectivity index (χ1n) is 7.32. The fraction of sp³-hybridized carbons (Fsp3) is 0.438. The Morgan fingerprint density at radius 1 is 1.32 bits per heavy atom. The van der Waals surface area contributed by atoms with Gasteiger partial charge in [-0.3, -0.25) is 4.79 Å². The maximum absolute atomic E-state index is 12.7. The molecular formula is C16H18ClN3O2. The van der Waals surface area contributed by atoms with Crippen molar-refractivity contribution in [3.05, 3.63) is 45.6 Å². The van der Waals surface area contributed by atoms with E-state index >= 15 is 0 Å². The highest BCUT2D eigenvalue weighted by molar-refractivity contribution is 6.31. The molecule has 22 heavy (non-hydrogen) atoms. The van der Waals surface area contributed by atoms with Crippen molar-refractivity contribution >= 4 is 17.5 Å². The van der Waals surface area contributed by atoms with Gasteiger partial charge < -0.3 is 9.42 Å². The fourth-order valence-electron chi connectivity index (χ4n) is 2.81. The number of nitrogens with zero attached hydrogens (tertiary/aromatic N) is 3. The van der Waals surface area contributed by atoms with Crippen molar-refractivity contribution in [1.82, 2.24) is 15.0 Å². The predicted octanol–water partition coefficient (Wildman–Crippen LogP) is 3.28. The van der Waals surface area contributed by atoms with Gasteiger partial charge in [0.2, 0.25) is 5.89 Å². The SMILES string of the molecule is Cc1noc([C@H]2CCN(C(=O)c3cc(C)c(Cl)cc3C)C2)n1. The quantitative estimate of drug-likeness (QED) is 0.852. The molecule has 0 aliphatic carbocycles. The van der Waals surface area contributed by atoms with Gasteiger partial charge in [-0.1, -0.05) is 16.8 Å². The van der Waals surface area contributed by atoms with Gasteiger partial charge in [-0.25, -0.2) is 0 Å². The summed E-state index contributed by atoms with van der Waals surface area (Å²) in [6.07, 6.45) is 0.846. The van der Waals surface area contributed by atoms with Gasteiger partial charge in [0, 0.05) is 23.7 Å². The van der Waals surface area contributed by atoms with Crippen LogP contribution in [0.15, 0.2) is 16.7 Å². The van der Waals surface area contributed by atoms with Crippen molar-refractivity contribution in [2.24, 2.45) is 0 Å². The predicted molar refractivity (Wildman–Crippen MR) is 83.2 cm³/mol. The van der Waals surface area contributed by atoms with Crippen LogP contribution in [0.25, 0.3) is 0 Å². The molecule has 1 fully saturated rings. The maximum atomic E-state index is 12.7. The molecule has 0 radical (unpaired) electrons. The summed E-state index contributed by atoms with van der Waals surface area (Å²) >= 11 is 6.10. The van der Waals surface area contributed by atoms with Crippen LogP contribution >= 0.6 is 11.6 Å². The lowest BCUT2D eigenvalue weighted by Gasteiger charge is -2.18. The van der Waals surface area contributed by atoms with Crippen LogP contribution in [0.4, 0.5) is 0 Å². The van der Waals surface area contributed by atoms with Gasteiger partial charge in [-0.15, -0.1) is 0 Å². The summed E-state index contributed by atoms with van der Waals surface area (Å²) in [6.45, 7) is 6.93. The number of hydrogen-bond acceptors (Lipinski definition) is 4. The molecule has 2 aromatic rings. The molecule has 3 rings (SSSR count). The lowest BCUT2D eigenvalue weighted by molar-refractivity contribution is 0.0789. The minimum atomic E-state index is 0.0380. The average Bonchev–Trinajstić information content (AvgIpc) is 3.10. The molecule has 0 bridgehead atoms. The molecule has 5 nitrogen and oxygen atoms in total. The van der Waals surface area contributed by atoms with E-state index in [4.69, 9.17) is 16.1 Å². The summed E-state index contributed by atoms with van der Waals surface area (Å²) in [7, 11) is 0. The van der Waals surface area contributed by atoms with Crippen molar-refractivity contribution in [2.45, 2.75) is 33.1 Å². The van der Waals surface area contributed by atoms with Crippen LogP contribution in [0.3, 0.4) is 0 Å². The van der Waals surface area contributed by atoms with Crippen molar-refractivity contribution in [3.63, 3.8) is 0 Å². The Morgan fingerprint density at radius 2 is 2.09 bits per heavy atom. The Bertz CT molecular complexity index is 726. The highest BCUT2D eigenvalue weighted by Gasteiger charge is 2.31. The third kappa shape index (κ3) is 2.73. The molecule has 0 spiro atoms. The third-order valence-electron chi connectivity index (χ3n) is 4.10. The topological polar surface area (TPSA) is 59.2 Å². The van der Waals surface area contributed by atoms with E-state index in [1.807, 2.05) is 30.9 Å². The minimum absolute atomic E-state index is 0.0380. The molecule has 1 aliphatic heterocycles. The second-order valence-corrected chi connectivity index (χ2v) is 6.24. The summed E-state index contributed by atoms with van der Waals surface area (Å²) in [5.41, 5.74) is 2.53. The molecule has 0 saturated carbocycles. The molecule has 0 N–H and O–H groups in total. The second kappa shape index (κ2) is 5.72. The summed E-state index contributed by atoms with van der Waals surface area (Å²) in [5, 5.41) is 4.51. The van der Waals surface area contributed by atoms with E-state index in [2.05, 4.69) is 10.1 Å². The van der Waals surface area contributed by atoms with Gasteiger partial charge in [-0.2, -0.15) is 4.98 Å². The van der Waals surface area contributed by atoms with Gasteiger partial charge in [-0.05, 0) is 50.5 Å². The van der Waals surface area contributed by atoms with Crippen LogP contribution in [0.5, 0.6) is 0 Å². The lowest BCUT2D eigenvalue weighted by Crippen LogP contribution is -2.29. The van der Waals surface area contributed by atoms with Crippen molar-refractivity contribution in [2.75, 3.05) is 13.1 Å². The molecule has 1 atom stereocenters. The van der Waals surface area contributed by atoms with Crippen LogP contribution in [-0.4, -0.2) is 34.0 Å². The molecule has 1 saturated heterocycles. The van der Waals surface area contributed by atoms with Gasteiger partial charge >= 0.3 is 0 Å². The van der Waals surface area contributed by atoms with E-state index in [0.29, 0.717) is 35.4 Å². The Labute approximate surface area is 134 Å². The zero-order chi connectivity index (χ0) is 15.9. The smallest absolute Gasteiger partial charge is 0.254 e. The van der Waals surface area contributed by atoms with Crippen LogP contribution in [-0.2, 0) is 0 Å².